The molecule has 32 heavy (non-hydrogen) atoms. The molecule has 4 rings (SSSR count). The summed E-state index contributed by atoms with van der Waals surface area (Å²) in [4.78, 5) is 0. The van der Waals surface area contributed by atoms with Crippen molar-refractivity contribution in [1.82, 2.24) is 0 Å². The molecular formula is C29H46O3. The van der Waals surface area contributed by atoms with Gasteiger partial charge in [0.05, 0.1) is 17.8 Å². The van der Waals surface area contributed by atoms with E-state index in [2.05, 4.69) is 32.6 Å². The molecule has 3 heteroatoms. The molecule has 0 aromatic rings. The standard InChI is InChI=1S/C29H46O3/c1-20(8-6-17-29(32)15-4-5-16-29)24-12-13-25-23(9-7-14-28(24,25)3)11-10-22-18-26(30)21(2)27(31)19-22/h10-11,20,24-27,30-32H,2,4-9,12-19H2,1,3H3/b23-11+/t20-,24?,25?,26+,27+,28+/m0/s1. The van der Waals surface area contributed by atoms with Crippen LogP contribution < -0.4 is 0 Å². The third kappa shape index (κ3) is 4.95. The van der Waals surface area contributed by atoms with Gasteiger partial charge in [0.2, 0.25) is 0 Å². The summed E-state index contributed by atoms with van der Waals surface area (Å²) in [6.45, 7) is 8.85. The van der Waals surface area contributed by atoms with E-state index in [-0.39, 0.29) is 5.60 Å². The van der Waals surface area contributed by atoms with Crippen LogP contribution in [0.15, 0.2) is 35.5 Å². The van der Waals surface area contributed by atoms with Crippen LogP contribution in [0, 0.1) is 23.2 Å². The van der Waals surface area contributed by atoms with E-state index in [1.54, 1.807) is 5.57 Å². The van der Waals surface area contributed by atoms with Gasteiger partial charge in [-0.1, -0.05) is 69.4 Å². The van der Waals surface area contributed by atoms with Crippen molar-refractivity contribution >= 4 is 0 Å². The molecule has 4 aliphatic carbocycles. The molecule has 3 N–H and O–H groups in total. The minimum absolute atomic E-state index is 0.358. The van der Waals surface area contributed by atoms with Gasteiger partial charge < -0.3 is 15.3 Å². The molecule has 0 radical (unpaired) electrons. The quantitative estimate of drug-likeness (QED) is 0.427. The van der Waals surface area contributed by atoms with Crippen molar-refractivity contribution in [2.45, 2.75) is 122 Å². The van der Waals surface area contributed by atoms with Gasteiger partial charge in [-0.2, -0.15) is 0 Å². The van der Waals surface area contributed by atoms with Crippen molar-refractivity contribution in [3.8, 4) is 0 Å². The van der Waals surface area contributed by atoms with Gasteiger partial charge in [-0.3, -0.25) is 0 Å². The Morgan fingerprint density at radius 3 is 2.41 bits per heavy atom. The first-order chi connectivity index (χ1) is 15.2. The lowest BCUT2D eigenvalue weighted by Crippen LogP contribution is -2.36. The highest BCUT2D eigenvalue weighted by Gasteiger charge is 2.50. The monoisotopic (exact) mass is 442 g/mol. The molecule has 3 nitrogen and oxygen atoms in total. The van der Waals surface area contributed by atoms with Crippen LogP contribution >= 0.6 is 0 Å². The molecule has 0 amide bonds. The second-order valence-corrected chi connectivity index (χ2v) is 12.0. The van der Waals surface area contributed by atoms with Crippen molar-refractivity contribution in [2.75, 3.05) is 0 Å². The van der Waals surface area contributed by atoms with E-state index in [0.29, 0.717) is 29.7 Å². The zero-order valence-electron chi connectivity index (χ0n) is 20.5. The van der Waals surface area contributed by atoms with Gasteiger partial charge in [0.15, 0.2) is 0 Å². The van der Waals surface area contributed by atoms with Crippen molar-refractivity contribution in [2.24, 2.45) is 23.2 Å². The number of rotatable bonds is 6. The fourth-order valence-electron chi connectivity index (χ4n) is 7.88. The summed E-state index contributed by atoms with van der Waals surface area (Å²) < 4.78 is 0. The largest absolute Gasteiger partial charge is 0.390 e. The first-order valence-corrected chi connectivity index (χ1v) is 13.4. The molecule has 0 heterocycles. The maximum absolute atomic E-state index is 10.7. The van der Waals surface area contributed by atoms with Crippen LogP contribution in [0.2, 0.25) is 0 Å². The SMILES string of the molecule is C=C1[C@H](O)CC(=C/C=C2\CCC[C@@]3(C)C2CCC3[C@@H](C)CCCC2(O)CCCC2)C[C@H]1O. The van der Waals surface area contributed by atoms with Crippen LogP contribution in [0.4, 0.5) is 0 Å². The van der Waals surface area contributed by atoms with E-state index in [1.807, 2.05) is 0 Å². The van der Waals surface area contributed by atoms with Gasteiger partial charge in [0, 0.05) is 0 Å². The fraction of sp³-hybridized carbons (Fsp3) is 0.793. The molecule has 4 aliphatic rings. The average molecular weight is 443 g/mol. The summed E-state index contributed by atoms with van der Waals surface area (Å²) in [5.74, 6) is 2.18. The normalized spacial score (nSPS) is 39.3. The molecule has 0 aromatic heterocycles. The summed E-state index contributed by atoms with van der Waals surface area (Å²) in [5, 5.41) is 31.0. The summed E-state index contributed by atoms with van der Waals surface area (Å²) >= 11 is 0. The van der Waals surface area contributed by atoms with E-state index in [0.717, 1.165) is 36.7 Å². The van der Waals surface area contributed by atoms with E-state index in [1.165, 1.54) is 57.8 Å². The lowest BCUT2D eigenvalue weighted by molar-refractivity contribution is 0.0318. The lowest BCUT2D eigenvalue weighted by atomic mass is 9.60. The number of aliphatic hydroxyl groups is 3. The topological polar surface area (TPSA) is 60.7 Å². The number of allylic oxidation sites excluding steroid dienone is 3. The minimum Gasteiger partial charge on any atom is -0.390 e. The van der Waals surface area contributed by atoms with Gasteiger partial charge in [-0.15, -0.1) is 0 Å². The Hall–Kier alpha value is -0.900. The Morgan fingerprint density at radius 2 is 1.72 bits per heavy atom. The Kier molecular flexibility index (Phi) is 7.39. The van der Waals surface area contributed by atoms with Crippen LogP contribution in [0.3, 0.4) is 0 Å². The summed E-state index contributed by atoms with van der Waals surface area (Å²) in [5.41, 5.74) is 3.33. The number of aliphatic hydroxyl groups excluding tert-OH is 2. The third-order valence-electron chi connectivity index (χ3n) is 9.86. The van der Waals surface area contributed by atoms with Gasteiger partial charge in [0.25, 0.3) is 0 Å². The molecule has 0 aromatic carbocycles. The van der Waals surface area contributed by atoms with Crippen molar-refractivity contribution in [3.63, 3.8) is 0 Å². The van der Waals surface area contributed by atoms with Gasteiger partial charge in [-0.25, -0.2) is 0 Å². The van der Waals surface area contributed by atoms with Crippen molar-refractivity contribution in [1.29, 1.82) is 0 Å². The van der Waals surface area contributed by atoms with E-state index < -0.39 is 12.2 Å². The second kappa shape index (κ2) is 9.76. The molecule has 4 fully saturated rings. The highest BCUT2D eigenvalue weighted by Crippen LogP contribution is 2.60. The maximum Gasteiger partial charge on any atom is 0.0809 e. The van der Waals surface area contributed by atoms with E-state index in [4.69, 9.17) is 0 Å². The first kappa shape index (κ1) is 24.2. The zero-order chi connectivity index (χ0) is 22.9. The summed E-state index contributed by atoms with van der Waals surface area (Å²) in [6.07, 6.45) is 18.8. The molecule has 0 spiro atoms. The Balaban J connectivity index is 1.38. The van der Waals surface area contributed by atoms with Crippen molar-refractivity contribution < 1.29 is 15.3 Å². The molecule has 2 unspecified atom stereocenters. The zero-order valence-corrected chi connectivity index (χ0v) is 20.5. The highest BCUT2D eigenvalue weighted by atomic mass is 16.3. The predicted octanol–water partition coefficient (Wildman–Crippen LogP) is 6.24. The summed E-state index contributed by atoms with van der Waals surface area (Å²) in [6, 6.07) is 0. The van der Waals surface area contributed by atoms with E-state index >= 15 is 0 Å². The lowest BCUT2D eigenvalue weighted by Gasteiger charge is -2.44. The van der Waals surface area contributed by atoms with Crippen LogP contribution in [-0.2, 0) is 0 Å². The molecular weight excluding hydrogens is 396 g/mol. The first-order valence-electron chi connectivity index (χ1n) is 13.4. The van der Waals surface area contributed by atoms with E-state index in [9.17, 15) is 15.3 Å². The van der Waals surface area contributed by atoms with Gasteiger partial charge in [-0.05, 0) is 93.0 Å². The van der Waals surface area contributed by atoms with Gasteiger partial charge >= 0.3 is 0 Å². The molecule has 0 saturated heterocycles. The Labute approximate surface area is 195 Å². The van der Waals surface area contributed by atoms with Crippen LogP contribution in [0.1, 0.15) is 104 Å². The minimum atomic E-state index is -0.612. The van der Waals surface area contributed by atoms with Crippen molar-refractivity contribution in [3.05, 3.63) is 35.5 Å². The fourth-order valence-corrected chi connectivity index (χ4v) is 7.88. The highest BCUT2D eigenvalue weighted by molar-refractivity contribution is 5.29. The number of hydrogen-bond donors (Lipinski definition) is 3. The molecule has 0 bridgehead atoms. The average Bonchev–Trinajstić information content (AvgIpc) is 3.33. The van der Waals surface area contributed by atoms with Gasteiger partial charge in [0.1, 0.15) is 0 Å². The second-order valence-electron chi connectivity index (χ2n) is 12.0. The molecule has 0 aliphatic heterocycles. The smallest absolute Gasteiger partial charge is 0.0809 e. The Bertz CT molecular complexity index is 728. The molecule has 4 saturated carbocycles. The summed E-state index contributed by atoms with van der Waals surface area (Å²) in [7, 11) is 0. The third-order valence-corrected chi connectivity index (χ3v) is 9.86. The molecule has 180 valence electrons. The predicted molar refractivity (Wildman–Crippen MR) is 131 cm³/mol. The van der Waals surface area contributed by atoms with Crippen LogP contribution in [-0.4, -0.2) is 33.1 Å². The number of fused-ring (bicyclic) bond motifs is 1. The Morgan fingerprint density at radius 1 is 1.03 bits per heavy atom. The van der Waals surface area contributed by atoms with Crippen LogP contribution in [0.25, 0.3) is 0 Å². The number of hydrogen-bond acceptors (Lipinski definition) is 3. The molecule has 6 atom stereocenters. The maximum atomic E-state index is 10.7. The van der Waals surface area contributed by atoms with Crippen LogP contribution in [0.5, 0.6) is 0 Å².